The van der Waals surface area contributed by atoms with Crippen LogP contribution < -0.4 is 0 Å². The first kappa shape index (κ1) is 16.7. The van der Waals surface area contributed by atoms with Crippen molar-refractivity contribution in [1.29, 1.82) is 0 Å². The van der Waals surface area contributed by atoms with Crippen LogP contribution in [-0.4, -0.2) is 42.8 Å². The molecule has 1 amide bonds. The van der Waals surface area contributed by atoms with Gasteiger partial charge < -0.3 is 4.90 Å². The van der Waals surface area contributed by atoms with Crippen LogP contribution in [-0.2, 0) is 6.54 Å². The van der Waals surface area contributed by atoms with E-state index in [2.05, 4.69) is 20.3 Å². The second-order valence-corrected chi connectivity index (χ2v) is 6.16. The van der Waals surface area contributed by atoms with Crippen molar-refractivity contribution in [3.8, 4) is 17.1 Å². The van der Waals surface area contributed by atoms with Crippen LogP contribution in [0.1, 0.15) is 15.9 Å². The number of aromatic nitrogens is 5. The first-order valence-electron chi connectivity index (χ1n) is 8.51. The lowest BCUT2D eigenvalue weighted by atomic mass is 10.1. The maximum atomic E-state index is 13.0. The molecule has 0 saturated carbocycles. The van der Waals surface area contributed by atoms with Gasteiger partial charge in [0.05, 0.1) is 11.3 Å². The second-order valence-electron chi connectivity index (χ2n) is 6.16. The number of carbonyl (C=O) groups excluding carboxylic acids is 1. The molecule has 134 valence electrons. The Kier molecular flexibility index (Phi) is 4.49. The molecule has 0 saturated heterocycles. The minimum absolute atomic E-state index is 0.0773. The van der Waals surface area contributed by atoms with Gasteiger partial charge in [0.1, 0.15) is 6.33 Å². The van der Waals surface area contributed by atoms with Crippen LogP contribution in [0.3, 0.4) is 0 Å². The molecule has 2 heterocycles. The Morgan fingerprint density at radius 3 is 2.81 bits per heavy atom. The lowest BCUT2D eigenvalue weighted by Gasteiger charge is -2.19. The van der Waals surface area contributed by atoms with E-state index in [1.807, 2.05) is 54.7 Å². The molecule has 0 unspecified atom stereocenters. The number of hydrogen-bond acceptors (Lipinski definition) is 4. The Labute approximate surface area is 156 Å². The Morgan fingerprint density at radius 1 is 1.15 bits per heavy atom. The van der Waals surface area contributed by atoms with Crippen molar-refractivity contribution in [3.05, 3.63) is 84.4 Å². The fourth-order valence-electron chi connectivity index (χ4n) is 2.98. The summed E-state index contributed by atoms with van der Waals surface area (Å²) in [5, 5.41) is 10.9. The molecule has 27 heavy (non-hydrogen) atoms. The molecule has 2 aromatic heterocycles. The molecule has 0 bridgehead atoms. The zero-order chi connectivity index (χ0) is 18.6. The Hall–Kier alpha value is -3.74. The minimum atomic E-state index is -0.0773. The summed E-state index contributed by atoms with van der Waals surface area (Å²) in [4.78, 5) is 18.9. The van der Waals surface area contributed by atoms with E-state index in [1.54, 1.807) is 28.9 Å². The lowest BCUT2D eigenvalue weighted by Crippen LogP contribution is -2.26. The van der Waals surface area contributed by atoms with Crippen molar-refractivity contribution < 1.29 is 4.79 Å². The number of H-pyrrole nitrogens is 1. The predicted molar refractivity (Wildman–Crippen MR) is 101 cm³/mol. The molecule has 0 fully saturated rings. The van der Waals surface area contributed by atoms with Crippen LogP contribution in [0.5, 0.6) is 0 Å². The van der Waals surface area contributed by atoms with Gasteiger partial charge in [0.2, 0.25) is 0 Å². The molecule has 4 aromatic rings. The molecule has 4 rings (SSSR count). The quantitative estimate of drug-likeness (QED) is 0.595. The molecule has 1 N–H and O–H groups in total. The first-order chi connectivity index (χ1) is 13.2. The van der Waals surface area contributed by atoms with Crippen LogP contribution in [0.4, 0.5) is 0 Å². The average molecular weight is 358 g/mol. The third-order valence-corrected chi connectivity index (χ3v) is 4.27. The Morgan fingerprint density at radius 2 is 2.04 bits per heavy atom. The number of benzene rings is 2. The van der Waals surface area contributed by atoms with Crippen LogP contribution in [0.15, 0.2) is 73.3 Å². The van der Waals surface area contributed by atoms with Gasteiger partial charge in [-0.15, -0.1) is 0 Å². The van der Waals surface area contributed by atoms with Crippen LogP contribution >= 0.6 is 0 Å². The number of aromatic amines is 1. The Bertz CT molecular complexity index is 1040. The molecule has 0 spiro atoms. The summed E-state index contributed by atoms with van der Waals surface area (Å²) in [7, 11) is 1.79. The summed E-state index contributed by atoms with van der Waals surface area (Å²) >= 11 is 0. The highest BCUT2D eigenvalue weighted by Crippen LogP contribution is 2.21. The van der Waals surface area contributed by atoms with Gasteiger partial charge in [-0.3, -0.25) is 9.89 Å². The highest BCUT2D eigenvalue weighted by molar-refractivity contribution is 5.99. The normalized spacial score (nSPS) is 10.7. The third kappa shape index (κ3) is 3.48. The summed E-state index contributed by atoms with van der Waals surface area (Å²) < 4.78 is 1.80. The maximum absolute atomic E-state index is 13.0. The molecule has 0 radical (unpaired) electrons. The zero-order valence-corrected chi connectivity index (χ0v) is 14.8. The largest absolute Gasteiger partial charge is 0.337 e. The van der Waals surface area contributed by atoms with Gasteiger partial charge in [0.15, 0.2) is 5.82 Å². The first-order valence-corrected chi connectivity index (χ1v) is 8.51. The smallest absolute Gasteiger partial charge is 0.254 e. The van der Waals surface area contributed by atoms with Gasteiger partial charge in [-0.25, -0.2) is 9.67 Å². The van der Waals surface area contributed by atoms with Gasteiger partial charge in [-0.2, -0.15) is 10.2 Å². The molecular weight excluding hydrogens is 340 g/mol. The van der Waals surface area contributed by atoms with Crippen molar-refractivity contribution in [3.63, 3.8) is 0 Å². The molecule has 7 nitrogen and oxygen atoms in total. The van der Waals surface area contributed by atoms with Gasteiger partial charge in [0, 0.05) is 31.5 Å². The highest BCUT2D eigenvalue weighted by atomic mass is 16.2. The molecule has 2 aromatic carbocycles. The minimum Gasteiger partial charge on any atom is -0.337 e. The van der Waals surface area contributed by atoms with Crippen LogP contribution in [0, 0.1) is 0 Å². The molecule has 0 aliphatic carbocycles. The SMILES string of the molecule is CN(Cc1cccc(-n2cccn2)c1)C(=O)c1ccccc1-c1ncn[nH]1. The van der Waals surface area contributed by atoms with Crippen molar-refractivity contribution in [1.82, 2.24) is 29.9 Å². The van der Waals surface area contributed by atoms with E-state index in [9.17, 15) is 4.79 Å². The topological polar surface area (TPSA) is 79.7 Å². The van der Waals surface area contributed by atoms with E-state index < -0.39 is 0 Å². The molecule has 7 heteroatoms. The number of carbonyl (C=O) groups is 1. The van der Waals surface area contributed by atoms with Crippen molar-refractivity contribution in [2.75, 3.05) is 7.05 Å². The van der Waals surface area contributed by atoms with E-state index >= 15 is 0 Å². The third-order valence-electron chi connectivity index (χ3n) is 4.27. The summed E-state index contributed by atoms with van der Waals surface area (Å²) in [6.07, 6.45) is 5.06. The highest BCUT2D eigenvalue weighted by Gasteiger charge is 2.18. The van der Waals surface area contributed by atoms with E-state index in [0.717, 1.165) is 16.8 Å². The van der Waals surface area contributed by atoms with Crippen LogP contribution in [0.25, 0.3) is 17.1 Å². The van der Waals surface area contributed by atoms with Crippen molar-refractivity contribution >= 4 is 5.91 Å². The number of amides is 1. The van der Waals surface area contributed by atoms with Gasteiger partial charge in [-0.05, 0) is 29.8 Å². The number of nitrogens with zero attached hydrogens (tertiary/aromatic N) is 5. The second kappa shape index (κ2) is 7.25. The summed E-state index contributed by atoms with van der Waals surface area (Å²) in [6, 6.07) is 17.2. The summed E-state index contributed by atoms with van der Waals surface area (Å²) in [5.74, 6) is 0.500. The van der Waals surface area contributed by atoms with Gasteiger partial charge in [-0.1, -0.05) is 30.3 Å². The molecule has 0 atom stereocenters. The monoisotopic (exact) mass is 358 g/mol. The van der Waals surface area contributed by atoms with Crippen molar-refractivity contribution in [2.24, 2.45) is 0 Å². The number of rotatable bonds is 5. The zero-order valence-electron chi connectivity index (χ0n) is 14.8. The van der Waals surface area contributed by atoms with Gasteiger partial charge in [0.25, 0.3) is 5.91 Å². The molecule has 0 aliphatic heterocycles. The average Bonchev–Trinajstić information content (AvgIpc) is 3.41. The summed E-state index contributed by atoms with van der Waals surface area (Å²) in [5.41, 5.74) is 3.30. The van der Waals surface area contributed by atoms with E-state index in [-0.39, 0.29) is 5.91 Å². The van der Waals surface area contributed by atoms with E-state index in [1.165, 1.54) is 6.33 Å². The van der Waals surface area contributed by atoms with E-state index in [0.29, 0.717) is 17.9 Å². The fraction of sp³-hybridized carbons (Fsp3) is 0.100. The molecular formula is C20H18N6O. The van der Waals surface area contributed by atoms with Crippen molar-refractivity contribution in [2.45, 2.75) is 6.54 Å². The predicted octanol–water partition coefficient (Wildman–Crippen LogP) is 2.93. The lowest BCUT2D eigenvalue weighted by molar-refractivity contribution is 0.0786. The van der Waals surface area contributed by atoms with E-state index in [4.69, 9.17) is 0 Å². The van der Waals surface area contributed by atoms with Crippen LogP contribution in [0.2, 0.25) is 0 Å². The Balaban J connectivity index is 1.57. The standard InChI is InChI=1S/C20H18N6O/c1-25(13-15-6-4-7-16(12-15)26-11-5-10-23-26)20(27)18-9-3-2-8-17(18)19-21-14-22-24-19/h2-12,14H,13H2,1H3,(H,21,22,24). The molecule has 0 aliphatic rings. The number of hydrogen-bond donors (Lipinski definition) is 1. The number of nitrogens with one attached hydrogen (secondary N) is 1. The summed E-state index contributed by atoms with van der Waals surface area (Å²) in [6.45, 7) is 0.485. The maximum Gasteiger partial charge on any atom is 0.254 e. The fourth-order valence-corrected chi connectivity index (χ4v) is 2.98. The van der Waals surface area contributed by atoms with Gasteiger partial charge >= 0.3 is 0 Å².